The third-order valence-electron chi connectivity index (χ3n) is 5.41. The Morgan fingerprint density at radius 3 is 2.50 bits per heavy atom. The van der Waals surface area contributed by atoms with E-state index in [4.69, 9.17) is 4.74 Å². The summed E-state index contributed by atoms with van der Waals surface area (Å²) < 4.78 is 5.42. The van der Waals surface area contributed by atoms with Gasteiger partial charge in [0.05, 0.1) is 18.8 Å². The van der Waals surface area contributed by atoms with Gasteiger partial charge in [0.15, 0.2) is 5.78 Å². The fourth-order valence-corrected chi connectivity index (χ4v) is 3.91. The van der Waals surface area contributed by atoms with Gasteiger partial charge in [-0.15, -0.1) is 0 Å². The second-order valence-corrected chi connectivity index (χ2v) is 7.19. The molecule has 3 nitrogen and oxygen atoms in total. The molecule has 24 heavy (non-hydrogen) atoms. The highest BCUT2D eigenvalue weighted by Gasteiger charge is 2.36. The second kappa shape index (κ2) is 5.83. The van der Waals surface area contributed by atoms with E-state index in [1.54, 1.807) is 0 Å². The van der Waals surface area contributed by atoms with Gasteiger partial charge in [-0.25, -0.2) is 0 Å². The number of carbonyl (C=O) groups is 1. The van der Waals surface area contributed by atoms with Crippen LogP contribution in [0.15, 0.2) is 42.5 Å². The van der Waals surface area contributed by atoms with Crippen molar-refractivity contribution >= 4 is 5.78 Å². The van der Waals surface area contributed by atoms with E-state index < -0.39 is 5.54 Å². The number of hydrogen-bond donors (Lipinski definition) is 0. The summed E-state index contributed by atoms with van der Waals surface area (Å²) in [4.78, 5) is 15.4. The number of fused-ring (bicyclic) bond motifs is 3. The van der Waals surface area contributed by atoms with E-state index in [2.05, 4.69) is 41.3 Å². The van der Waals surface area contributed by atoms with Gasteiger partial charge in [0, 0.05) is 18.7 Å². The lowest BCUT2D eigenvalue weighted by molar-refractivity contribution is -0.00430. The van der Waals surface area contributed by atoms with Crippen LogP contribution in [-0.4, -0.2) is 42.5 Å². The molecule has 2 aromatic rings. The summed E-state index contributed by atoms with van der Waals surface area (Å²) in [7, 11) is 0. The summed E-state index contributed by atoms with van der Waals surface area (Å²) in [5.41, 5.74) is 5.51. The maximum absolute atomic E-state index is 13.2. The third-order valence-corrected chi connectivity index (χ3v) is 5.41. The Kier molecular flexibility index (Phi) is 3.78. The predicted octanol–water partition coefficient (Wildman–Crippen LogP) is 3.55. The van der Waals surface area contributed by atoms with E-state index in [-0.39, 0.29) is 5.78 Å². The van der Waals surface area contributed by atoms with Crippen LogP contribution in [-0.2, 0) is 11.2 Å². The Labute approximate surface area is 143 Å². The van der Waals surface area contributed by atoms with E-state index in [1.165, 1.54) is 22.3 Å². The summed E-state index contributed by atoms with van der Waals surface area (Å²) >= 11 is 0. The van der Waals surface area contributed by atoms with Crippen molar-refractivity contribution in [1.82, 2.24) is 4.90 Å². The summed E-state index contributed by atoms with van der Waals surface area (Å²) in [5.74, 6) is 0.197. The van der Waals surface area contributed by atoms with Gasteiger partial charge in [0.1, 0.15) is 0 Å². The molecule has 3 heteroatoms. The molecule has 0 aromatic heterocycles. The molecule has 0 unspecified atom stereocenters. The molecule has 0 radical (unpaired) electrons. The van der Waals surface area contributed by atoms with E-state index in [1.807, 2.05) is 19.9 Å². The molecule has 4 rings (SSSR count). The van der Waals surface area contributed by atoms with Crippen LogP contribution in [0.5, 0.6) is 0 Å². The predicted molar refractivity (Wildman–Crippen MR) is 95.5 cm³/mol. The topological polar surface area (TPSA) is 29.5 Å². The Bertz CT molecular complexity index is 788. The van der Waals surface area contributed by atoms with Crippen LogP contribution < -0.4 is 0 Å². The molecule has 0 saturated carbocycles. The van der Waals surface area contributed by atoms with Crippen molar-refractivity contribution in [3.8, 4) is 11.1 Å². The number of Topliss-reactive ketones (excluding diaryl/α,β-unsaturated/α-hetero) is 1. The third kappa shape index (κ3) is 2.48. The molecular weight excluding hydrogens is 298 g/mol. The number of rotatable bonds is 3. The van der Waals surface area contributed by atoms with Crippen molar-refractivity contribution in [2.24, 2.45) is 0 Å². The molecule has 0 amide bonds. The van der Waals surface area contributed by atoms with Crippen molar-refractivity contribution < 1.29 is 9.53 Å². The molecule has 1 aliphatic heterocycles. The molecule has 1 aliphatic carbocycles. The van der Waals surface area contributed by atoms with Gasteiger partial charge < -0.3 is 4.74 Å². The summed E-state index contributed by atoms with van der Waals surface area (Å²) in [6, 6.07) is 14.7. The van der Waals surface area contributed by atoms with E-state index in [0.29, 0.717) is 13.2 Å². The van der Waals surface area contributed by atoms with Crippen LogP contribution in [0, 0.1) is 0 Å². The minimum Gasteiger partial charge on any atom is -0.379 e. The molecule has 2 aliphatic rings. The molecule has 0 atom stereocenters. The quantitative estimate of drug-likeness (QED) is 0.691. The second-order valence-electron chi connectivity index (χ2n) is 7.19. The number of hydrogen-bond acceptors (Lipinski definition) is 3. The number of ether oxygens (including phenoxy) is 1. The number of ketones is 1. The highest BCUT2D eigenvalue weighted by Crippen LogP contribution is 2.37. The smallest absolute Gasteiger partial charge is 0.182 e. The lowest BCUT2D eigenvalue weighted by Gasteiger charge is -2.39. The SMILES string of the molecule is CC(C)(C(=O)c1ccc2c(c1)Cc1ccccc1-2)N1CCOCC1. The van der Waals surface area contributed by atoms with Crippen LogP contribution >= 0.6 is 0 Å². The molecule has 2 aromatic carbocycles. The zero-order chi connectivity index (χ0) is 16.7. The first-order valence-electron chi connectivity index (χ1n) is 8.66. The van der Waals surface area contributed by atoms with Gasteiger partial charge in [-0.3, -0.25) is 9.69 Å². The van der Waals surface area contributed by atoms with Crippen molar-refractivity contribution in [3.63, 3.8) is 0 Å². The number of nitrogens with zero attached hydrogens (tertiary/aromatic N) is 1. The lowest BCUT2D eigenvalue weighted by atomic mass is 9.89. The standard InChI is InChI=1S/C21H23NO2/c1-21(2,22-9-11-24-12-10-22)20(23)16-7-8-19-17(14-16)13-15-5-3-4-6-18(15)19/h3-8,14H,9-13H2,1-2H3. The highest BCUT2D eigenvalue weighted by atomic mass is 16.5. The molecule has 124 valence electrons. The average Bonchev–Trinajstić information content (AvgIpc) is 2.99. The Morgan fingerprint density at radius 2 is 1.71 bits per heavy atom. The minimum absolute atomic E-state index is 0.197. The summed E-state index contributed by atoms with van der Waals surface area (Å²) in [6.45, 7) is 7.10. The highest BCUT2D eigenvalue weighted by molar-refractivity contribution is 6.03. The zero-order valence-electron chi connectivity index (χ0n) is 14.3. The number of morpholine rings is 1. The monoisotopic (exact) mass is 321 g/mol. The Balaban J connectivity index is 1.64. The first kappa shape index (κ1) is 15.6. The largest absolute Gasteiger partial charge is 0.379 e. The van der Waals surface area contributed by atoms with Gasteiger partial charge in [-0.1, -0.05) is 36.4 Å². The van der Waals surface area contributed by atoms with Crippen molar-refractivity contribution in [2.45, 2.75) is 25.8 Å². The molecule has 0 bridgehead atoms. The van der Waals surface area contributed by atoms with Crippen molar-refractivity contribution in [2.75, 3.05) is 26.3 Å². The molecule has 0 spiro atoms. The average molecular weight is 321 g/mol. The summed E-state index contributed by atoms with van der Waals surface area (Å²) in [6.07, 6.45) is 0.921. The van der Waals surface area contributed by atoms with Crippen LogP contribution in [0.25, 0.3) is 11.1 Å². The molecule has 1 fully saturated rings. The Morgan fingerprint density at radius 1 is 1.00 bits per heavy atom. The van der Waals surface area contributed by atoms with E-state index >= 15 is 0 Å². The van der Waals surface area contributed by atoms with Crippen LogP contribution in [0.4, 0.5) is 0 Å². The first-order chi connectivity index (χ1) is 11.6. The van der Waals surface area contributed by atoms with Crippen molar-refractivity contribution in [1.29, 1.82) is 0 Å². The number of carbonyl (C=O) groups excluding carboxylic acids is 1. The van der Waals surface area contributed by atoms with E-state index in [9.17, 15) is 4.79 Å². The number of benzene rings is 2. The Hall–Kier alpha value is -1.97. The van der Waals surface area contributed by atoms with Gasteiger partial charge >= 0.3 is 0 Å². The fraction of sp³-hybridized carbons (Fsp3) is 0.381. The van der Waals surface area contributed by atoms with Gasteiger partial charge in [0.2, 0.25) is 0 Å². The lowest BCUT2D eigenvalue weighted by Crippen LogP contribution is -2.54. The molecule has 0 N–H and O–H groups in total. The van der Waals surface area contributed by atoms with E-state index in [0.717, 1.165) is 25.1 Å². The maximum atomic E-state index is 13.2. The first-order valence-corrected chi connectivity index (χ1v) is 8.66. The minimum atomic E-state index is -0.497. The molecule has 1 heterocycles. The van der Waals surface area contributed by atoms with Crippen molar-refractivity contribution in [3.05, 3.63) is 59.2 Å². The fourth-order valence-electron chi connectivity index (χ4n) is 3.91. The van der Waals surface area contributed by atoms with Crippen LogP contribution in [0.3, 0.4) is 0 Å². The van der Waals surface area contributed by atoms with Crippen LogP contribution in [0.2, 0.25) is 0 Å². The molecule has 1 saturated heterocycles. The summed E-state index contributed by atoms with van der Waals surface area (Å²) in [5, 5.41) is 0. The molecular formula is C21H23NO2. The normalized spacial score (nSPS) is 17.4. The maximum Gasteiger partial charge on any atom is 0.182 e. The zero-order valence-corrected chi connectivity index (χ0v) is 14.3. The van der Waals surface area contributed by atoms with Gasteiger partial charge in [-0.05, 0) is 48.6 Å². The van der Waals surface area contributed by atoms with Gasteiger partial charge in [-0.2, -0.15) is 0 Å². The van der Waals surface area contributed by atoms with Gasteiger partial charge in [0.25, 0.3) is 0 Å². The van der Waals surface area contributed by atoms with Crippen LogP contribution in [0.1, 0.15) is 35.3 Å².